The number of methoxy groups -OCH3 is 1. The van der Waals surface area contributed by atoms with E-state index in [1.54, 1.807) is 12.1 Å². The van der Waals surface area contributed by atoms with Crippen molar-refractivity contribution in [2.75, 3.05) is 33.3 Å². The molecule has 0 saturated carbocycles. The van der Waals surface area contributed by atoms with Crippen LogP contribution in [0.2, 0.25) is 0 Å². The molecule has 1 atom stereocenters. The maximum atomic E-state index is 12.7. The molecule has 0 spiro atoms. The molecular formula is C16H24N2O4S. The zero-order valence-corrected chi connectivity index (χ0v) is 14.7. The second-order valence-electron chi connectivity index (χ2n) is 5.74. The maximum Gasteiger partial charge on any atom is 0.409 e. The van der Waals surface area contributed by atoms with Crippen LogP contribution in [0.4, 0.5) is 4.79 Å². The van der Waals surface area contributed by atoms with Gasteiger partial charge >= 0.3 is 6.09 Å². The van der Waals surface area contributed by atoms with E-state index in [1.807, 2.05) is 12.1 Å². The largest absolute Gasteiger partial charge is 0.453 e. The smallest absolute Gasteiger partial charge is 0.409 e. The second kappa shape index (κ2) is 7.31. The normalized spacial score (nSPS) is 17.8. The van der Waals surface area contributed by atoms with E-state index in [1.165, 1.54) is 16.3 Å². The standard InChI is InChI=1S/C16H24N2O4S/c1-4-13(2)14-5-7-15(8-6-14)23(20,21)18-11-9-17(10-12-18)16(19)22-3/h5-8,13H,4,9-12H2,1-3H3/t13-/m0/s1. The van der Waals surface area contributed by atoms with Gasteiger partial charge < -0.3 is 9.64 Å². The summed E-state index contributed by atoms with van der Waals surface area (Å²) in [6.07, 6.45) is 0.599. The lowest BCUT2D eigenvalue weighted by molar-refractivity contribution is 0.108. The number of carbonyl (C=O) groups is 1. The number of rotatable bonds is 4. The third-order valence-electron chi connectivity index (χ3n) is 4.37. The quantitative estimate of drug-likeness (QED) is 0.843. The molecule has 23 heavy (non-hydrogen) atoms. The fourth-order valence-corrected chi connectivity index (χ4v) is 4.02. The lowest BCUT2D eigenvalue weighted by Crippen LogP contribution is -2.50. The first-order chi connectivity index (χ1) is 10.9. The number of sulfonamides is 1. The number of benzene rings is 1. The van der Waals surface area contributed by atoms with Gasteiger partial charge in [0.2, 0.25) is 10.0 Å². The van der Waals surface area contributed by atoms with E-state index in [0.717, 1.165) is 12.0 Å². The van der Waals surface area contributed by atoms with Crippen LogP contribution >= 0.6 is 0 Å². The molecular weight excluding hydrogens is 316 g/mol. The van der Waals surface area contributed by atoms with Crippen molar-refractivity contribution in [3.05, 3.63) is 29.8 Å². The number of hydrogen-bond acceptors (Lipinski definition) is 4. The van der Waals surface area contributed by atoms with Gasteiger partial charge in [0, 0.05) is 26.2 Å². The fourth-order valence-electron chi connectivity index (χ4n) is 2.59. The monoisotopic (exact) mass is 340 g/mol. The Kier molecular flexibility index (Phi) is 5.64. The molecule has 0 N–H and O–H groups in total. The average Bonchev–Trinajstić information content (AvgIpc) is 2.60. The molecule has 0 bridgehead atoms. The van der Waals surface area contributed by atoms with Crippen LogP contribution in [0.5, 0.6) is 0 Å². The van der Waals surface area contributed by atoms with E-state index in [4.69, 9.17) is 0 Å². The predicted molar refractivity (Wildman–Crippen MR) is 87.9 cm³/mol. The number of ether oxygens (including phenoxy) is 1. The molecule has 6 nitrogen and oxygen atoms in total. The molecule has 7 heteroatoms. The van der Waals surface area contributed by atoms with Crippen molar-refractivity contribution in [1.29, 1.82) is 0 Å². The minimum Gasteiger partial charge on any atom is -0.453 e. The molecule has 0 aromatic heterocycles. The molecule has 0 unspecified atom stereocenters. The second-order valence-corrected chi connectivity index (χ2v) is 7.68. The molecule has 1 amide bonds. The van der Waals surface area contributed by atoms with Crippen molar-refractivity contribution in [1.82, 2.24) is 9.21 Å². The molecule has 1 aromatic rings. The lowest BCUT2D eigenvalue weighted by Gasteiger charge is -2.33. The summed E-state index contributed by atoms with van der Waals surface area (Å²) < 4.78 is 31.4. The fraction of sp³-hybridized carbons (Fsp3) is 0.562. The van der Waals surface area contributed by atoms with Gasteiger partial charge in [0.05, 0.1) is 12.0 Å². The van der Waals surface area contributed by atoms with Crippen LogP contribution in [0.1, 0.15) is 31.7 Å². The zero-order valence-electron chi connectivity index (χ0n) is 13.9. The van der Waals surface area contributed by atoms with E-state index < -0.39 is 16.1 Å². The number of amides is 1. The third kappa shape index (κ3) is 3.84. The third-order valence-corrected chi connectivity index (χ3v) is 6.28. The molecule has 128 valence electrons. The van der Waals surface area contributed by atoms with Gasteiger partial charge in [-0.3, -0.25) is 0 Å². The Bertz CT molecular complexity index is 635. The van der Waals surface area contributed by atoms with Crippen LogP contribution < -0.4 is 0 Å². The van der Waals surface area contributed by atoms with Crippen molar-refractivity contribution in [2.24, 2.45) is 0 Å². The summed E-state index contributed by atoms with van der Waals surface area (Å²) in [6.45, 7) is 5.48. The highest BCUT2D eigenvalue weighted by Crippen LogP contribution is 2.23. The first-order valence-electron chi connectivity index (χ1n) is 7.83. The Morgan fingerprint density at radius 3 is 2.22 bits per heavy atom. The molecule has 1 aromatic carbocycles. The van der Waals surface area contributed by atoms with Crippen molar-refractivity contribution in [3.8, 4) is 0 Å². The summed E-state index contributed by atoms with van der Waals surface area (Å²) in [4.78, 5) is 13.3. The van der Waals surface area contributed by atoms with Crippen LogP contribution in [0.15, 0.2) is 29.2 Å². The maximum absolute atomic E-state index is 12.7. The number of carbonyl (C=O) groups excluding carboxylic acids is 1. The summed E-state index contributed by atoms with van der Waals surface area (Å²) in [5, 5.41) is 0. The lowest BCUT2D eigenvalue weighted by atomic mass is 9.99. The van der Waals surface area contributed by atoms with E-state index in [2.05, 4.69) is 18.6 Å². The summed E-state index contributed by atoms with van der Waals surface area (Å²) >= 11 is 0. The minimum atomic E-state index is -3.51. The van der Waals surface area contributed by atoms with Gasteiger partial charge in [-0.15, -0.1) is 0 Å². The molecule has 2 rings (SSSR count). The SMILES string of the molecule is CC[C@H](C)c1ccc(S(=O)(=O)N2CCN(C(=O)OC)CC2)cc1. The molecule has 1 aliphatic rings. The number of hydrogen-bond donors (Lipinski definition) is 0. The van der Waals surface area contributed by atoms with Gasteiger partial charge in [-0.25, -0.2) is 13.2 Å². The average molecular weight is 340 g/mol. The van der Waals surface area contributed by atoms with Gasteiger partial charge in [0.15, 0.2) is 0 Å². The molecule has 1 saturated heterocycles. The first kappa shape index (κ1) is 17.7. The highest BCUT2D eigenvalue weighted by molar-refractivity contribution is 7.89. The molecule has 1 heterocycles. The molecule has 1 fully saturated rings. The van der Waals surface area contributed by atoms with Crippen LogP contribution in [0.25, 0.3) is 0 Å². The van der Waals surface area contributed by atoms with Crippen LogP contribution in [0.3, 0.4) is 0 Å². The Morgan fingerprint density at radius 1 is 1.17 bits per heavy atom. The van der Waals surface area contributed by atoms with Crippen molar-refractivity contribution in [3.63, 3.8) is 0 Å². The van der Waals surface area contributed by atoms with Crippen LogP contribution in [-0.2, 0) is 14.8 Å². The van der Waals surface area contributed by atoms with Gasteiger partial charge in [-0.2, -0.15) is 4.31 Å². The summed E-state index contributed by atoms with van der Waals surface area (Å²) in [7, 11) is -2.19. The Labute approximate surface area is 138 Å². The van der Waals surface area contributed by atoms with E-state index in [-0.39, 0.29) is 13.1 Å². The summed E-state index contributed by atoms with van der Waals surface area (Å²) in [6, 6.07) is 7.10. The predicted octanol–water partition coefficient (Wildman–Crippen LogP) is 2.27. The van der Waals surface area contributed by atoms with Gasteiger partial charge in [-0.1, -0.05) is 26.0 Å². The highest BCUT2D eigenvalue weighted by atomic mass is 32.2. The van der Waals surface area contributed by atoms with Crippen molar-refractivity contribution < 1.29 is 17.9 Å². The summed E-state index contributed by atoms with van der Waals surface area (Å²) in [5.74, 6) is 0.412. The highest BCUT2D eigenvalue weighted by Gasteiger charge is 2.30. The Hall–Kier alpha value is -1.60. The van der Waals surface area contributed by atoms with E-state index in [0.29, 0.717) is 23.9 Å². The van der Waals surface area contributed by atoms with Gasteiger partial charge in [-0.05, 0) is 30.0 Å². The number of nitrogens with zero attached hydrogens (tertiary/aromatic N) is 2. The van der Waals surface area contributed by atoms with Crippen LogP contribution in [0, 0.1) is 0 Å². The van der Waals surface area contributed by atoms with E-state index in [9.17, 15) is 13.2 Å². The van der Waals surface area contributed by atoms with Crippen molar-refractivity contribution >= 4 is 16.1 Å². The number of piperazine rings is 1. The van der Waals surface area contributed by atoms with Gasteiger partial charge in [0.25, 0.3) is 0 Å². The topological polar surface area (TPSA) is 66.9 Å². The summed E-state index contributed by atoms with van der Waals surface area (Å²) in [5.41, 5.74) is 1.14. The Balaban J connectivity index is 2.09. The van der Waals surface area contributed by atoms with Gasteiger partial charge in [0.1, 0.15) is 0 Å². The van der Waals surface area contributed by atoms with Crippen molar-refractivity contribution in [2.45, 2.75) is 31.1 Å². The first-order valence-corrected chi connectivity index (χ1v) is 9.27. The molecule has 0 radical (unpaired) electrons. The Morgan fingerprint density at radius 2 is 1.74 bits per heavy atom. The van der Waals surface area contributed by atoms with E-state index >= 15 is 0 Å². The minimum absolute atomic E-state index is 0.282. The molecule has 1 aliphatic heterocycles. The zero-order chi connectivity index (χ0) is 17.0. The van der Waals surface area contributed by atoms with Crippen LogP contribution in [-0.4, -0.2) is 57.0 Å². The molecule has 0 aliphatic carbocycles.